The molecule has 7 aromatic heterocycles. The zero-order valence-corrected chi connectivity index (χ0v) is 81.4. The van der Waals surface area contributed by atoms with E-state index >= 15 is 0 Å². The van der Waals surface area contributed by atoms with E-state index in [0.29, 0.717) is 62.2 Å². The number of amides is 3. The molecule has 29 nitrogen and oxygen atoms in total. The van der Waals surface area contributed by atoms with Gasteiger partial charge in [-0.2, -0.15) is 0 Å². The highest BCUT2D eigenvalue weighted by molar-refractivity contribution is 8.00. The van der Waals surface area contributed by atoms with E-state index in [0.717, 1.165) is 105 Å². The number of non-ortho nitro benzene ring substituents is 2. The molecule has 0 atom stereocenters. The SMILES string of the molecule is C.C.C.C.Cl.Cl.Clc1ccnc2ccccc12.Nc1cc(Cl)ccn1.Nc1cc(Sc2ccc(NC(=O)c3ccc(Nc4ccnc5ccccc45)cc3)cc2)ccn1.Nc1cc(Sc2ccc(NC(=O)c3ccc([N+](=O)[O-])cc3)cc2)ccn1.Nc1ccc(C(=O)Nc2ccc(Sc3ccnc(N)c3)cc2)cc1.Nc1ccc(S)cc1.Nc1ccc(Sc2ccnc(N)c2)cc1.O=C(Cl)c1ccc([N+](=O)[O-])cc1. The number of hydrogen-bond donors (Lipinski definition) is 13. The van der Waals surface area contributed by atoms with Gasteiger partial charge < -0.3 is 67.1 Å². The number of aromatic nitrogens is 7. The lowest BCUT2D eigenvalue weighted by molar-refractivity contribution is -0.385. The summed E-state index contributed by atoms with van der Waals surface area (Å²) in [5, 5.41) is 35.6. The fourth-order valence-electron chi connectivity index (χ4n) is 11.6. The van der Waals surface area contributed by atoms with Crippen molar-refractivity contribution in [2.75, 3.05) is 67.1 Å². The van der Waals surface area contributed by atoms with E-state index in [2.05, 4.69) is 68.8 Å². The van der Waals surface area contributed by atoms with Crippen molar-refractivity contribution in [2.24, 2.45) is 0 Å². The van der Waals surface area contributed by atoms with E-state index in [1.165, 1.54) is 60.3 Å². The maximum Gasteiger partial charge on any atom is 0.269 e. The predicted molar refractivity (Wildman–Crippen MR) is 604 cm³/mol. The summed E-state index contributed by atoms with van der Waals surface area (Å²) >= 11 is 27.0. The summed E-state index contributed by atoms with van der Waals surface area (Å²) in [6, 6.07) is 100. The lowest BCUT2D eigenvalue weighted by atomic mass is 10.1. The highest BCUT2D eigenvalue weighted by Gasteiger charge is 2.15. The summed E-state index contributed by atoms with van der Waals surface area (Å²) in [5.74, 6) is 1.77. The number of thiol groups is 1. The molecule has 740 valence electrons. The monoisotopic (exact) mass is 2120 g/mol. The average molecular weight is 2120 g/mol. The molecule has 0 aliphatic carbocycles. The van der Waals surface area contributed by atoms with E-state index in [1.807, 2.05) is 218 Å². The summed E-state index contributed by atoms with van der Waals surface area (Å²) < 4.78 is 0. The number of pyridine rings is 7. The van der Waals surface area contributed by atoms with Crippen molar-refractivity contribution in [3.63, 3.8) is 0 Å². The molecule has 0 bridgehead atoms. The van der Waals surface area contributed by atoms with Crippen molar-refractivity contribution in [1.29, 1.82) is 0 Å². The summed E-state index contributed by atoms with van der Waals surface area (Å²) in [4.78, 5) is 105. The summed E-state index contributed by atoms with van der Waals surface area (Å²) in [7, 11) is 0. The molecule has 0 fully saturated rings. The van der Waals surface area contributed by atoms with Gasteiger partial charge in [-0.1, -0.05) is 136 Å². The summed E-state index contributed by atoms with van der Waals surface area (Å²) in [6.07, 6.45) is 11.8. The van der Waals surface area contributed by atoms with Crippen LogP contribution >= 0.6 is 119 Å². The lowest BCUT2D eigenvalue weighted by Gasteiger charge is -2.10. The van der Waals surface area contributed by atoms with Gasteiger partial charge in [-0.25, -0.2) is 24.9 Å². The second kappa shape index (κ2) is 61.1. The van der Waals surface area contributed by atoms with Crippen LogP contribution in [0.25, 0.3) is 21.8 Å². The Hall–Kier alpha value is -15.7. The minimum absolute atomic E-state index is 0. The predicted octanol–water partition coefficient (Wildman–Crippen LogP) is 27.5. The standard InChI is InChI=1S/C27H21N5OS.C18H14N4O3S.C18H16N4OS.C11H11N3S.C9H6ClN.C7H4ClNO3.C6H7NS.C5H5ClN2.4CH4.2ClH/c28-26-17-22(13-15-30-26)34-21-11-9-20(10-12-21)32-27(33)18-5-7-19(8-6-18)31-25-14-16-29-24-4-2-1-3-23(24)25;19-17-11-16(9-10-20-17)26-15-7-3-13(4-8-15)21-18(23)12-1-5-14(6-2-12)22(24)25;19-13-3-1-12(2-4-13)18(23)22-14-5-7-15(8-6-14)24-16-9-10-21-17(20)11-16;12-8-1-3-9(4-2-8)15-10-5-6-14-11(13)7-10;10-8-5-6-11-9-4-2-1-3-7(8)9;8-7(10)5-1-3-6(4-2-5)9(11)12;7-5-1-3-6(8)4-2-5;6-4-1-2-8-5(7)3-4;;;;;;/h1-17H,(H2,28,30)(H,29,31)(H,32,33);1-11H,(H2,19,20)(H,21,23);1-11H,19H2,(H2,20,21)(H,22,23);1-7H,12H2,(H2,13,14);1-6H;1-4H;1-4,8H,7H2;1-3H,(H2,7,8);4*1H4;2*1H. The van der Waals surface area contributed by atoms with Crippen LogP contribution in [-0.4, -0.2) is 67.7 Å². The maximum absolute atomic E-state index is 12.7. The van der Waals surface area contributed by atoms with Gasteiger partial charge in [-0.3, -0.25) is 49.4 Å². The highest BCUT2D eigenvalue weighted by Crippen LogP contribution is 2.35. The number of nitro groups is 2. The maximum atomic E-state index is 12.7. The zero-order valence-electron chi connectivity index (χ0n) is 73.3. The molecule has 0 unspecified atom stereocenters. The Kier molecular flexibility index (Phi) is 50.4. The number of nitrogens with two attached hydrogens (primary N) is 8. The second-order valence-electron chi connectivity index (χ2n) is 28.5. The molecule has 0 radical (unpaired) electrons. The van der Waals surface area contributed by atoms with E-state index in [-0.39, 0.29) is 89.2 Å². The van der Waals surface area contributed by atoms with Gasteiger partial charge in [0.15, 0.2) is 0 Å². The molecule has 3 amide bonds. The number of fused-ring (bicyclic) bond motifs is 2. The van der Waals surface area contributed by atoms with Crippen LogP contribution in [0.4, 0.5) is 86.0 Å². The van der Waals surface area contributed by atoms with Gasteiger partial charge in [0, 0.05) is 195 Å². The Morgan fingerprint density at radius 1 is 0.306 bits per heavy atom. The van der Waals surface area contributed by atoms with E-state index in [4.69, 9.17) is 80.7 Å². The Labute approximate surface area is 883 Å². The van der Waals surface area contributed by atoms with Crippen LogP contribution in [0.3, 0.4) is 0 Å². The molecular weight excluding hydrogens is 2020 g/mol. The van der Waals surface area contributed by atoms with E-state index < -0.39 is 15.1 Å². The van der Waals surface area contributed by atoms with Gasteiger partial charge in [-0.05, 0) is 291 Å². The van der Waals surface area contributed by atoms with Gasteiger partial charge >= 0.3 is 0 Å². The molecule has 144 heavy (non-hydrogen) atoms. The summed E-state index contributed by atoms with van der Waals surface area (Å²) in [5.41, 5.74) is 54.2. The van der Waals surface area contributed by atoms with Crippen LogP contribution in [0, 0.1) is 20.2 Å². The van der Waals surface area contributed by atoms with Gasteiger partial charge in [-0.15, -0.1) is 37.4 Å². The smallest absolute Gasteiger partial charge is 0.269 e. The third kappa shape index (κ3) is 40.1. The zero-order chi connectivity index (χ0) is 98.2. The van der Waals surface area contributed by atoms with Crippen molar-refractivity contribution in [3.8, 4) is 0 Å². The number of halogens is 5. The number of benzene rings is 11. The fourth-order valence-corrected chi connectivity index (χ4v) is 15.7. The number of carbonyl (C=O) groups is 4. The van der Waals surface area contributed by atoms with Crippen LogP contribution in [0.15, 0.2) is 427 Å². The molecule has 7 heterocycles. The lowest BCUT2D eigenvalue weighted by Crippen LogP contribution is -2.11. The molecule has 20 N–H and O–H groups in total. The van der Waals surface area contributed by atoms with Gasteiger partial charge in [0.1, 0.15) is 29.1 Å². The van der Waals surface area contributed by atoms with Crippen LogP contribution < -0.4 is 67.1 Å². The van der Waals surface area contributed by atoms with Gasteiger partial charge in [0.05, 0.1) is 25.9 Å². The molecule has 18 aromatic rings. The molecule has 18 rings (SSSR count). The van der Waals surface area contributed by atoms with Gasteiger partial charge in [0.25, 0.3) is 34.3 Å². The Balaban J connectivity index is 0.000000301. The van der Waals surface area contributed by atoms with Gasteiger partial charge in [0.2, 0.25) is 0 Å². The first-order valence-corrected chi connectivity index (χ1v) is 45.7. The molecule has 0 saturated carbocycles. The Morgan fingerprint density at radius 2 is 0.583 bits per heavy atom. The molecule has 0 saturated heterocycles. The molecule has 39 heteroatoms. The number of rotatable bonds is 19. The van der Waals surface area contributed by atoms with Crippen LogP contribution in [0.2, 0.25) is 10.0 Å². The number of nitrogens with zero attached hydrogens (tertiary/aromatic N) is 9. The normalized spacial score (nSPS) is 9.75. The number of nitrogens with one attached hydrogen (secondary N) is 4. The largest absolute Gasteiger partial charge is 0.399 e. The fraction of sp³-hybridized carbons (Fsp3) is 0.0381. The molecular formula is C105H102Cl5N21O8S5. The number of nitrogen functional groups attached to an aromatic ring is 8. The first kappa shape index (κ1) is 119. The Morgan fingerprint density at radius 3 is 0.903 bits per heavy atom. The second-order valence-corrected chi connectivity index (χ2v) is 34.8. The number of nitro benzene ring substituents is 2. The quantitative estimate of drug-likeness (QED) is 0.0118. The minimum atomic E-state index is -0.620. The van der Waals surface area contributed by atoms with Crippen LogP contribution in [-0.2, 0) is 0 Å². The van der Waals surface area contributed by atoms with Crippen molar-refractivity contribution in [1.82, 2.24) is 34.9 Å². The van der Waals surface area contributed by atoms with Crippen molar-refractivity contribution in [2.45, 2.75) is 73.8 Å². The van der Waals surface area contributed by atoms with Crippen molar-refractivity contribution >= 4 is 250 Å². The number of para-hydroxylation sites is 2. The van der Waals surface area contributed by atoms with Crippen LogP contribution in [0.5, 0.6) is 0 Å². The molecule has 0 spiro atoms. The minimum Gasteiger partial charge on any atom is -0.399 e. The molecule has 0 aliphatic rings. The number of hydrogen-bond acceptors (Lipinski definition) is 29. The third-order valence-electron chi connectivity index (χ3n) is 18.3. The third-order valence-corrected chi connectivity index (χ3v) is 23.4. The average Bonchev–Trinajstić information content (AvgIpc) is 0.817. The Bertz CT molecular complexity index is 7070. The number of carbonyl (C=O) groups excluding carboxylic acids is 4. The molecule has 11 aromatic carbocycles. The first-order valence-electron chi connectivity index (χ1n) is 40.9. The van der Waals surface area contributed by atoms with Crippen molar-refractivity contribution < 1.29 is 29.0 Å². The first-order chi connectivity index (χ1) is 66.5. The van der Waals surface area contributed by atoms with E-state index in [1.54, 1.807) is 151 Å². The van der Waals surface area contributed by atoms with Crippen molar-refractivity contribution in [3.05, 3.63) is 436 Å². The highest BCUT2D eigenvalue weighted by atomic mass is 35.5. The topological polar surface area (TPSA) is 501 Å². The summed E-state index contributed by atoms with van der Waals surface area (Å²) in [6.45, 7) is 0. The molecule has 0 aliphatic heterocycles. The van der Waals surface area contributed by atoms with Crippen LogP contribution in [0.1, 0.15) is 71.1 Å². The number of anilines is 13. The van der Waals surface area contributed by atoms with E-state index in [9.17, 15) is 39.4 Å².